The highest BCUT2D eigenvalue weighted by atomic mass is 32.2. The molecule has 5 rings (SSSR count). The number of nitrogens with two attached hydrogens (primary N) is 1. The number of nitrogens with zero attached hydrogens (tertiary/aromatic N) is 2. The van der Waals surface area contributed by atoms with Gasteiger partial charge in [0.1, 0.15) is 29.8 Å². The number of ether oxygens (including phenoxy) is 3. The van der Waals surface area contributed by atoms with Crippen molar-refractivity contribution in [2.75, 3.05) is 51.4 Å². The number of aliphatic imine (C=N–C) groups is 1. The molecule has 4 aliphatic rings. The molecule has 10 nitrogen and oxygen atoms in total. The molecule has 190 valence electrons. The summed E-state index contributed by atoms with van der Waals surface area (Å²) in [5.74, 6) is 0.557. The summed E-state index contributed by atoms with van der Waals surface area (Å²) in [6, 6.07) is 2.92. The third kappa shape index (κ3) is 4.24. The number of benzene rings is 1. The zero-order valence-corrected chi connectivity index (χ0v) is 19.6. The summed E-state index contributed by atoms with van der Waals surface area (Å²) < 4.78 is 84.8. The third-order valence-corrected chi connectivity index (χ3v) is 7.94. The molecule has 0 spiro atoms. The van der Waals surface area contributed by atoms with Gasteiger partial charge in [0.15, 0.2) is 11.5 Å². The predicted octanol–water partition coefficient (Wildman–Crippen LogP) is 1.32. The van der Waals surface area contributed by atoms with Crippen molar-refractivity contribution in [3.63, 3.8) is 0 Å². The largest absolute Gasteiger partial charge is 0.485 e. The Bertz CT molecular complexity index is 1250. The van der Waals surface area contributed by atoms with E-state index in [0.717, 1.165) is 0 Å². The van der Waals surface area contributed by atoms with Gasteiger partial charge in [-0.1, -0.05) is 0 Å². The van der Waals surface area contributed by atoms with Crippen LogP contribution in [0.25, 0.3) is 0 Å². The number of fused-ring (bicyclic) bond motifs is 2. The Balaban J connectivity index is 1.49. The average molecular weight is 516 g/mol. The van der Waals surface area contributed by atoms with Crippen LogP contribution in [0.2, 0.25) is 0 Å². The van der Waals surface area contributed by atoms with Crippen LogP contribution in [0.4, 0.5) is 18.9 Å². The van der Waals surface area contributed by atoms with E-state index in [4.69, 9.17) is 19.9 Å². The summed E-state index contributed by atoms with van der Waals surface area (Å²) in [4.78, 5) is 3.95. The van der Waals surface area contributed by atoms with Gasteiger partial charge in [-0.25, -0.2) is 8.42 Å². The number of halogens is 3. The van der Waals surface area contributed by atoms with Crippen molar-refractivity contribution in [3.05, 3.63) is 35.2 Å². The molecule has 1 atom stereocenters. The zero-order chi connectivity index (χ0) is 25.0. The number of amidine groups is 1. The van der Waals surface area contributed by atoms with Gasteiger partial charge in [-0.3, -0.25) is 4.99 Å². The number of rotatable bonds is 4. The minimum Gasteiger partial charge on any atom is -0.485 e. The third-order valence-electron chi connectivity index (χ3n) is 6.02. The first-order chi connectivity index (χ1) is 16.5. The van der Waals surface area contributed by atoms with Crippen LogP contribution in [0, 0.1) is 0 Å². The Hall–Kier alpha value is -2.81. The Kier molecular flexibility index (Phi) is 5.74. The number of hydrogen-bond acceptors (Lipinski definition) is 9. The van der Waals surface area contributed by atoms with Gasteiger partial charge in [0.25, 0.3) is 0 Å². The van der Waals surface area contributed by atoms with Gasteiger partial charge in [0, 0.05) is 18.7 Å². The first kappa shape index (κ1) is 23.9. The molecular weight excluding hydrogens is 491 g/mol. The summed E-state index contributed by atoms with van der Waals surface area (Å²) in [7, 11) is -3.87. The molecule has 0 bridgehead atoms. The molecule has 0 saturated carbocycles. The lowest BCUT2D eigenvalue weighted by Gasteiger charge is -2.33. The van der Waals surface area contributed by atoms with Crippen LogP contribution in [-0.4, -0.2) is 76.3 Å². The van der Waals surface area contributed by atoms with Gasteiger partial charge < -0.3 is 30.6 Å². The Morgan fingerprint density at radius 2 is 1.83 bits per heavy atom. The lowest BCUT2D eigenvalue weighted by atomic mass is 9.86. The van der Waals surface area contributed by atoms with E-state index in [1.54, 1.807) is 0 Å². The molecule has 1 unspecified atom stereocenters. The van der Waals surface area contributed by atoms with Gasteiger partial charge >= 0.3 is 6.18 Å². The van der Waals surface area contributed by atoms with Gasteiger partial charge in [0.05, 0.1) is 36.6 Å². The topological polar surface area (TPSA) is 128 Å². The van der Waals surface area contributed by atoms with Crippen LogP contribution in [0.5, 0.6) is 11.5 Å². The molecule has 1 aromatic carbocycles. The second-order valence-corrected chi connectivity index (χ2v) is 10.5. The summed E-state index contributed by atoms with van der Waals surface area (Å²) in [5, 5.41) is 5.89. The fraction of sp³-hybridized carbons (Fsp3) is 0.476. The molecule has 0 aliphatic carbocycles. The van der Waals surface area contributed by atoms with Crippen LogP contribution in [-0.2, 0) is 14.8 Å². The van der Waals surface area contributed by atoms with Crippen molar-refractivity contribution in [3.8, 4) is 11.5 Å². The molecule has 1 saturated heterocycles. The lowest BCUT2D eigenvalue weighted by Crippen LogP contribution is -2.49. The van der Waals surface area contributed by atoms with Crippen molar-refractivity contribution in [2.45, 2.75) is 23.5 Å². The van der Waals surface area contributed by atoms with Crippen LogP contribution in [0.15, 0.2) is 45.1 Å². The maximum atomic E-state index is 13.4. The van der Waals surface area contributed by atoms with E-state index < -0.39 is 33.9 Å². The average Bonchev–Trinajstić information content (AvgIpc) is 3.25. The van der Waals surface area contributed by atoms with Crippen molar-refractivity contribution in [1.29, 1.82) is 0 Å². The van der Waals surface area contributed by atoms with E-state index in [1.165, 1.54) is 29.4 Å². The van der Waals surface area contributed by atoms with E-state index in [-0.39, 0.29) is 59.9 Å². The number of sulfonamides is 1. The Morgan fingerprint density at radius 3 is 2.51 bits per heavy atom. The van der Waals surface area contributed by atoms with E-state index >= 15 is 0 Å². The number of hydrogen-bond donors (Lipinski definition) is 3. The molecule has 1 aromatic rings. The SMILES string of the molecule is CC1(N)C=C(Nc2ccc(S(=O)(=O)N3CCOCC3)c3c2OCCO3)NC2=NCC(C(F)(F)F)=C21. The highest BCUT2D eigenvalue weighted by molar-refractivity contribution is 7.89. The van der Waals surface area contributed by atoms with Crippen molar-refractivity contribution < 1.29 is 35.8 Å². The molecule has 0 amide bonds. The molecule has 4 heterocycles. The summed E-state index contributed by atoms with van der Waals surface area (Å²) in [5.41, 5.74) is 4.26. The molecule has 35 heavy (non-hydrogen) atoms. The van der Waals surface area contributed by atoms with Gasteiger partial charge in [-0.15, -0.1) is 0 Å². The predicted molar refractivity (Wildman–Crippen MR) is 120 cm³/mol. The van der Waals surface area contributed by atoms with Crippen molar-refractivity contribution >= 4 is 21.5 Å². The Morgan fingerprint density at radius 1 is 1.14 bits per heavy atom. The fourth-order valence-corrected chi connectivity index (χ4v) is 5.99. The number of anilines is 1. The van der Waals surface area contributed by atoms with Crippen molar-refractivity contribution in [1.82, 2.24) is 9.62 Å². The summed E-state index contributed by atoms with van der Waals surface area (Å²) >= 11 is 0. The van der Waals surface area contributed by atoms with E-state index in [0.29, 0.717) is 18.9 Å². The van der Waals surface area contributed by atoms with Crippen LogP contribution in [0.1, 0.15) is 6.92 Å². The quantitative estimate of drug-likeness (QED) is 0.548. The minimum atomic E-state index is -4.55. The molecule has 1 fully saturated rings. The summed E-state index contributed by atoms with van der Waals surface area (Å²) in [6.45, 7) is 2.34. The van der Waals surface area contributed by atoms with Crippen molar-refractivity contribution in [2.24, 2.45) is 10.7 Å². The zero-order valence-electron chi connectivity index (χ0n) is 18.7. The van der Waals surface area contributed by atoms with Crippen LogP contribution in [0.3, 0.4) is 0 Å². The second-order valence-electron chi connectivity index (χ2n) is 8.59. The highest BCUT2D eigenvalue weighted by Gasteiger charge is 2.46. The first-order valence-electron chi connectivity index (χ1n) is 10.9. The lowest BCUT2D eigenvalue weighted by molar-refractivity contribution is -0.0926. The Labute approximate surface area is 199 Å². The maximum absolute atomic E-state index is 13.4. The monoisotopic (exact) mass is 515 g/mol. The second kappa shape index (κ2) is 8.40. The molecule has 0 aromatic heterocycles. The fourth-order valence-electron chi connectivity index (χ4n) is 4.46. The van der Waals surface area contributed by atoms with Gasteiger partial charge in [-0.2, -0.15) is 17.5 Å². The van der Waals surface area contributed by atoms with E-state index in [1.807, 2.05) is 0 Å². The molecule has 4 N–H and O–H groups in total. The minimum absolute atomic E-state index is 0.0323. The number of nitrogens with one attached hydrogen (secondary N) is 2. The maximum Gasteiger partial charge on any atom is 0.414 e. The molecule has 0 radical (unpaired) electrons. The van der Waals surface area contributed by atoms with Gasteiger partial charge in [-0.05, 0) is 25.1 Å². The smallest absolute Gasteiger partial charge is 0.414 e. The van der Waals surface area contributed by atoms with E-state index in [2.05, 4.69) is 15.6 Å². The highest BCUT2D eigenvalue weighted by Crippen LogP contribution is 2.44. The van der Waals surface area contributed by atoms with Gasteiger partial charge in [0.2, 0.25) is 10.0 Å². The standard InChI is InChI=1S/C21H24F3N5O5S/c1-20(25)10-15(28-19-16(20)12(11-26-19)21(22,23)24)27-13-2-3-14(18-17(13)33-8-9-34-18)35(30,31)29-4-6-32-7-5-29/h2-3,10,27H,4-9,11,25H2,1H3,(H,26,28). The number of morpholine rings is 1. The first-order valence-corrected chi connectivity index (χ1v) is 12.3. The molecular formula is C21H24F3N5O5S. The number of alkyl halides is 3. The molecule has 4 aliphatic heterocycles. The normalized spacial score (nSPS) is 24.9. The summed E-state index contributed by atoms with van der Waals surface area (Å²) in [6.07, 6.45) is -3.12. The van der Waals surface area contributed by atoms with Crippen LogP contribution < -0.4 is 25.8 Å². The van der Waals surface area contributed by atoms with E-state index in [9.17, 15) is 21.6 Å². The molecule has 14 heteroatoms. The van der Waals surface area contributed by atoms with Crippen LogP contribution >= 0.6 is 0 Å².